The van der Waals surface area contributed by atoms with Crippen molar-refractivity contribution >= 4 is 0 Å². The Kier molecular flexibility index (Phi) is 4.04. The zero-order valence-corrected chi connectivity index (χ0v) is 8.40. The lowest BCUT2D eigenvalue weighted by Crippen LogP contribution is -2.22. The molecule has 1 aromatic carbocycles. The fourth-order valence-corrected chi connectivity index (χ4v) is 0.976. The third kappa shape index (κ3) is 3.09. The Bertz CT molecular complexity index is 286. The van der Waals surface area contributed by atoms with Crippen molar-refractivity contribution < 1.29 is 14.2 Å². The molecule has 78 valence electrons. The summed E-state index contributed by atoms with van der Waals surface area (Å²) in [6.45, 7) is 3.59. The molecule has 1 unspecified atom stereocenters. The molecule has 0 aliphatic rings. The molecular weight excluding hydrogens is 183 g/mol. The first-order chi connectivity index (χ1) is 6.61. The van der Waals surface area contributed by atoms with E-state index in [1.54, 1.807) is 32.0 Å². The molecule has 0 bridgehead atoms. The van der Waals surface area contributed by atoms with Crippen molar-refractivity contribution in [2.45, 2.75) is 32.7 Å². The average molecular weight is 198 g/mol. The fourth-order valence-electron chi connectivity index (χ4n) is 0.976. The summed E-state index contributed by atoms with van der Waals surface area (Å²) in [4.78, 5) is 0. The smallest absolute Gasteiger partial charge is 0.128 e. The highest BCUT2D eigenvalue weighted by molar-refractivity contribution is 5.16. The van der Waals surface area contributed by atoms with E-state index in [4.69, 9.17) is 9.84 Å². The van der Waals surface area contributed by atoms with Gasteiger partial charge in [-0.2, -0.15) is 0 Å². The van der Waals surface area contributed by atoms with Crippen molar-refractivity contribution in [3.05, 3.63) is 35.6 Å². The number of ether oxygens (including phenoxy) is 1. The Balaban J connectivity index is 2.50. The first kappa shape index (κ1) is 11.1. The second-order valence-corrected chi connectivity index (χ2v) is 3.35. The van der Waals surface area contributed by atoms with E-state index in [1.807, 2.05) is 0 Å². The summed E-state index contributed by atoms with van der Waals surface area (Å²) in [6, 6.07) is 6.46. The van der Waals surface area contributed by atoms with Crippen LogP contribution in [-0.4, -0.2) is 17.3 Å². The summed E-state index contributed by atoms with van der Waals surface area (Å²) >= 11 is 0. The summed E-state index contributed by atoms with van der Waals surface area (Å²) in [7, 11) is 0. The summed E-state index contributed by atoms with van der Waals surface area (Å²) in [6.07, 6.45) is -0.823. The van der Waals surface area contributed by atoms with Crippen molar-refractivity contribution in [2.75, 3.05) is 0 Å². The quantitative estimate of drug-likeness (QED) is 0.803. The molecule has 0 aromatic heterocycles. The molecule has 3 heteroatoms. The molecule has 0 fully saturated rings. The Morgan fingerprint density at radius 3 is 2.57 bits per heavy atom. The monoisotopic (exact) mass is 198 g/mol. The molecule has 14 heavy (non-hydrogen) atoms. The molecule has 0 spiro atoms. The zero-order chi connectivity index (χ0) is 10.6. The maximum absolute atomic E-state index is 13.1. The van der Waals surface area contributed by atoms with Crippen LogP contribution in [-0.2, 0) is 11.3 Å². The normalized spacial score (nSPS) is 15.1. The van der Waals surface area contributed by atoms with E-state index in [2.05, 4.69) is 0 Å². The minimum absolute atomic E-state index is 0.193. The van der Waals surface area contributed by atoms with Crippen LogP contribution in [0.1, 0.15) is 19.4 Å². The minimum Gasteiger partial charge on any atom is -0.391 e. The topological polar surface area (TPSA) is 29.5 Å². The average Bonchev–Trinajstić information content (AvgIpc) is 2.16. The van der Waals surface area contributed by atoms with E-state index < -0.39 is 6.10 Å². The first-order valence-corrected chi connectivity index (χ1v) is 4.64. The van der Waals surface area contributed by atoms with Crippen molar-refractivity contribution in [2.24, 2.45) is 0 Å². The Labute approximate surface area is 83.3 Å². The molecule has 2 atom stereocenters. The van der Waals surface area contributed by atoms with Crippen LogP contribution in [0.3, 0.4) is 0 Å². The minimum atomic E-state index is -0.540. The third-order valence-corrected chi connectivity index (χ3v) is 2.14. The third-order valence-electron chi connectivity index (χ3n) is 2.14. The summed E-state index contributed by atoms with van der Waals surface area (Å²) in [5.41, 5.74) is 0.514. The van der Waals surface area contributed by atoms with Gasteiger partial charge in [0.25, 0.3) is 0 Å². The van der Waals surface area contributed by atoms with Crippen molar-refractivity contribution in [3.8, 4) is 0 Å². The Morgan fingerprint density at radius 2 is 2.00 bits per heavy atom. The van der Waals surface area contributed by atoms with Gasteiger partial charge in [0, 0.05) is 5.56 Å². The van der Waals surface area contributed by atoms with Crippen LogP contribution in [0.4, 0.5) is 4.39 Å². The van der Waals surface area contributed by atoms with Crippen LogP contribution in [0, 0.1) is 5.82 Å². The van der Waals surface area contributed by atoms with Gasteiger partial charge in [0.15, 0.2) is 0 Å². The highest BCUT2D eigenvalue weighted by atomic mass is 19.1. The molecule has 1 N–H and O–H groups in total. The number of aliphatic hydroxyl groups is 1. The molecule has 0 aliphatic heterocycles. The number of hydrogen-bond donors (Lipinski definition) is 1. The second-order valence-electron chi connectivity index (χ2n) is 3.35. The lowest BCUT2D eigenvalue weighted by atomic mass is 10.2. The van der Waals surface area contributed by atoms with Gasteiger partial charge < -0.3 is 9.84 Å². The van der Waals surface area contributed by atoms with Gasteiger partial charge in [-0.1, -0.05) is 18.2 Å². The Morgan fingerprint density at radius 1 is 1.36 bits per heavy atom. The molecule has 0 heterocycles. The van der Waals surface area contributed by atoms with Crippen molar-refractivity contribution in [1.29, 1.82) is 0 Å². The molecular formula is C11H15FO2. The highest BCUT2D eigenvalue weighted by Gasteiger charge is 2.09. The van der Waals surface area contributed by atoms with E-state index in [9.17, 15) is 4.39 Å². The van der Waals surface area contributed by atoms with Gasteiger partial charge in [-0.05, 0) is 19.9 Å². The number of halogens is 1. The number of benzene rings is 1. The van der Waals surface area contributed by atoms with Crippen molar-refractivity contribution in [3.63, 3.8) is 0 Å². The Hall–Kier alpha value is -0.930. The number of aliphatic hydroxyl groups excluding tert-OH is 1. The number of rotatable bonds is 4. The van der Waals surface area contributed by atoms with Crippen LogP contribution in [0.15, 0.2) is 24.3 Å². The van der Waals surface area contributed by atoms with Gasteiger partial charge in [-0.15, -0.1) is 0 Å². The van der Waals surface area contributed by atoms with Gasteiger partial charge in [-0.25, -0.2) is 4.39 Å². The largest absolute Gasteiger partial charge is 0.391 e. The van der Waals surface area contributed by atoms with Crippen LogP contribution >= 0.6 is 0 Å². The molecule has 0 saturated carbocycles. The van der Waals surface area contributed by atoms with Crippen LogP contribution in [0.25, 0.3) is 0 Å². The lowest BCUT2D eigenvalue weighted by Gasteiger charge is -2.15. The van der Waals surface area contributed by atoms with E-state index in [0.717, 1.165) is 0 Å². The summed E-state index contributed by atoms with van der Waals surface area (Å²) < 4.78 is 18.4. The molecule has 0 radical (unpaired) electrons. The fraction of sp³-hybridized carbons (Fsp3) is 0.455. The van der Waals surface area contributed by atoms with Gasteiger partial charge >= 0.3 is 0 Å². The second kappa shape index (κ2) is 5.08. The molecule has 0 amide bonds. The lowest BCUT2D eigenvalue weighted by molar-refractivity contribution is -0.0277. The SMILES string of the molecule is CC(OCc1ccccc1F)[C@H](C)O. The maximum Gasteiger partial charge on any atom is 0.128 e. The van der Waals surface area contributed by atoms with E-state index >= 15 is 0 Å². The first-order valence-electron chi connectivity index (χ1n) is 4.64. The van der Waals surface area contributed by atoms with Crippen LogP contribution in [0.5, 0.6) is 0 Å². The maximum atomic E-state index is 13.1. The van der Waals surface area contributed by atoms with Gasteiger partial charge in [-0.3, -0.25) is 0 Å². The molecule has 1 aromatic rings. The predicted octanol–water partition coefficient (Wildman–Crippen LogP) is 2.11. The van der Waals surface area contributed by atoms with E-state index in [-0.39, 0.29) is 18.5 Å². The van der Waals surface area contributed by atoms with Gasteiger partial charge in [0.2, 0.25) is 0 Å². The van der Waals surface area contributed by atoms with Crippen molar-refractivity contribution in [1.82, 2.24) is 0 Å². The van der Waals surface area contributed by atoms with Crippen LogP contribution < -0.4 is 0 Å². The highest BCUT2D eigenvalue weighted by Crippen LogP contribution is 2.09. The zero-order valence-electron chi connectivity index (χ0n) is 8.40. The molecule has 0 aliphatic carbocycles. The van der Waals surface area contributed by atoms with Gasteiger partial charge in [0.05, 0.1) is 18.8 Å². The van der Waals surface area contributed by atoms with Gasteiger partial charge in [0.1, 0.15) is 5.82 Å². The standard InChI is InChI=1S/C11H15FO2/c1-8(13)9(2)14-7-10-5-3-4-6-11(10)12/h3-6,8-9,13H,7H2,1-2H3/t8-,9?/m0/s1. The van der Waals surface area contributed by atoms with E-state index in [1.165, 1.54) is 6.07 Å². The molecule has 1 rings (SSSR count). The number of hydrogen-bond acceptors (Lipinski definition) is 2. The predicted molar refractivity (Wildman–Crippen MR) is 52.3 cm³/mol. The molecule has 0 saturated heterocycles. The van der Waals surface area contributed by atoms with Crippen LogP contribution in [0.2, 0.25) is 0 Å². The molecule has 2 nitrogen and oxygen atoms in total. The van der Waals surface area contributed by atoms with E-state index in [0.29, 0.717) is 5.56 Å². The summed E-state index contributed by atoms with van der Waals surface area (Å²) in [5.74, 6) is -0.273. The summed E-state index contributed by atoms with van der Waals surface area (Å²) in [5, 5.41) is 9.15.